The third kappa shape index (κ3) is 11.3. The first-order valence-corrected chi connectivity index (χ1v) is 23.4. The Hall–Kier alpha value is -7.69. The number of sulfonamides is 2. The van der Waals surface area contributed by atoms with E-state index in [1.165, 1.54) is 51.9 Å². The fraction of sp³-hybridized carbons (Fsp3) is 0.205. The molecule has 0 aliphatic carbocycles. The maximum Gasteiger partial charge on any atom is 0.339 e. The van der Waals surface area contributed by atoms with Crippen molar-refractivity contribution < 1.29 is 40.6 Å². The van der Waals surface area contributed by atoms with Crippen molar-refractivity contribution >= 4 is 88.6 Å². The van der Waals surface area contributed by atoms with E-state index < -0.39 is 26.0 Å². The Bertz CT molecular complexity index is 3140. The van der Waals surface area contributed by atoms with Gasteiger partial charge in [0.05, 0.1) is 60.9 Å². The minimum Gasteiger partial charge on any atom is -0.497 e. The van der Waals surface area contributed by atoms with Gasteiger partial charge < -0.3 is 34.6 Å². The molecule has 0 bridgehead atoms. The molecule has 1 aliphatic heterocycles. The molecule has 3 aromatic heterocycles. The summed E-state index contributed by atoms with van der Waals surface area (Å²) in [6.07, 6.45) is 3.76. The number of aromatic nitrogens is 5. The number of anilines is 6. The van der Waals surface area contributed by atoms with Gasteiger partial charge in [0, 0.05) is 62.0 Å². The zero-order chi connectivity index (χ0) is 47.0. The first-order valence-electron chi connectivity index (χ1n) is 20.0. The molecule has 7 aromatic rings. The van der Waals surface area contributed by atoms with Crippen LogP contribution in [0.5, 0.6) is 11.5 Å². The van der Waals surface area contributed by atoms with Crippen LogP contribution in [0.15, 0.2) is 114 Å². The highest BCUT2D eigenvalue weighted by molar-refractivity contribution is 7.92. The molecule has 1 amide bonds. The van der Waals surface area contributed by atoms with Crippen LogP contribution in [-0.4, -0.2) is 124 Å². The minimum absolute atomic E-state index is 0.000152. The first kappa shape index (κ1) is 46.3. The zero-order valence-electron chi connectivity index (χ0n) is 36.3. The van der Waals surface area contributed by atoms with Gasteiger partial charge in [-0.2, -0.15) is 0 Å². The van der Waals surface area contributed by atoms with Crippen molar-refractivity contribution in [1.82, 2.24) is 34.7 Å². The number of nitrogens with zero attached hydrogens (tertiary/aromatic N) is 7. The smallest absolute Gasteiger partial charge is 0.339 e. The molecule has 0 spiro atoms. The summed E-state index contributed by atoms with van der Waals surface area (Å²) in [5, 5.41) is 6.11. The van der Waals surface area contributed by atoms with Gasteiger partial charge >= 0.3 is 5.97 Å². The van der Waals surface area contributed by atoms with Crippen molar-refractivity contribution in [2.45, 2.75) is 4.90 Å². The number of esters is 1. The van der Waals surface area contributed by atoms with Gasteiger partial charge in [-0.3, -0.25) is 19.2 Å². The van der Waals surface area contributed by atoms with Crippen LogP contribution < -0.4 is 29.6 Å². The number of benzene rings is 4. The number of methoxy groups -OCH3 is 3. The van der Waals surface area contributed by atoms with Gasteiger partial charge in [-0.1, -0.05) is 24.3 Å². The van der Waals surface area contributed by atoms with Crippen molar-refractivity contribution in [2.24, 2.45) is 0 Å². The summed E-state index contributed by atoms with van der Waals surface area (Å²) in [6.45, 7) is 2.86. The molecular formula is C44H45N11O9S2. The van der Waals surface area contributed by atoms with Gasteiger partial charge in [0.1, 0.15) is 16.4 Å². The standard InChI is InChI=1S/C26H27N7O4S.C18H18N4O5S/c1-32-10-12-33(13-11-32)26(34)18-14-19(16-20(15-18)37-2)28-24-25(30-23-8-4-3-7-22(23)29-24)31-38(35,36)21-6-5-9-27-17-21;1-26-11-8-9-12(18(23)27-2)15(10-11)21-16-17(22-28(3,24)25)20-14-7-5-4-6-13(14)19-16/h3-9,14-17H,10-13H2,1-2H3,(H,28,29)(H,30,31);4-10H,1-3H3,(H,19,21)(H,20,22). The SMILES string of the molecule is COC(=O)c1ccc(OC)cc1Nc1nc2ccccc2nc1NS(C)(=O)=O.COc1cc(Nc2nc3ccccc3nc2NS(=O)(=O)c2cccnc2)cc(C(=O)N2CCN(C)CC2)c1. The Morgan fingerprint density at radius 2 is 1.21 bits per heavy atom. The second kappa shape index (κ2) is 20.0. The summed E-state index contributed by atoms with van der Waals surface area (Å²) in [5.41, 5.74) is 3.63. The Kier molecular flexibility index (Phi) is 14.0. The van der Waals surface area contributed by atoms with Crippen LogP contribution >= 0.6 is 0 Å². The molecule has 8 rings (SSSR count). The molecule has 1 saturated heterocycles. The maximum absolute atomic E-state index is 13.3. The molecule has 4 aromatic carbocycles. The fourth-order valence-electron chi connectivity index (χ4n) is 6.60. The fourth-order valence-corrected chi connectivity index (χ4v) is 8.06. The molecule has 1 aliphatic rings. The van der Waals surface area contributed by atoms with Crippen molar-refractivity contribution in [3.63, 3.8) is 0 Å². The largest absolute Gasteiger partial charge is 0.497 e. The topological polar surface area (TPSA) is 249 Å². The van der Waals surface area contributed by atoms with Gasteiger partial charge in [-0.25, -0.2) is 41.6 Å². The maximum atomic E-state index is 13.3. The number of amides is 1. The van der Waals surface area contributed by atoms with Crippen LogP contribution in [0, 0.1) is 0 Å². The van der Waals surface area contributed by atoms with E-state index in [0.717, 1.165) is 19.3 Å². The first-order chi connectivity index (χ1) is 31.6. The zero-order valence-corrected chi connectivity index (χ0v) is 38.0. The van der Waals surface area contributed by atoms with Crippen LogP contribution in [0.4, 0.5) is 34.6 Å². The van der Waals surface area contributed by atoms with Crippen molar-refractivity contribution in [3.8, 4) is 11.5 Å². The third-order valence-corrected chi connectivity index (χ3v) is 11.8. The number of likely N-dealkylation sites (N-methyl/N-ethyl adjacent to an activating group) is 1. The molecule has 1 fully saturated rings. The van der Waals surface area contributed by atoms with Gasteiger partial charge in [0.15, 0.2) is 23.3 Å². The van der Waals surface area contributed by atoms with Crippen molar-refractivity contribution in [3.05, 3.63) is 121 Å². The Balaban J connectivity index is 0.000000206. The normalized spacial score (nSPS) is 13.0. The quantitative estimate of drug-likeness (QED) is 0.104. The van der Waals surface area contributed by atoms with Gasteiger partial charge in [0.2, 0.25) is 10.0 Å². The molecule has 4 heterocycles. The van der Waals surface area contributed by atoms with Gasteiger partial charge in [-0.15, -0.1) is 0 Å². The molecule has 0 saturated carbocycles. The van der Waals surface area contributed by atoms with E-state index in [1.54, 1.807) is 72.8 Å². The highest BCUT2D eigenvalue weighted by atomic mass is 32.2. The molecular weight excluding hydrogens is 891 g/mol. The summed E-state index contributed by atoms with van der Waals surface area (Å²) < 4.78 is 70.0. The molecule has 66 heavy (non-hydrogen) atoms. The second-order valence-electron chi connectivity index (χ2n) is 14.7. The van der Waals surface area contributed by atoms with E-state index in [4.69, 9.17) is 14.2 Å². The highest BCUT2D eigenvalue weighted by Crippen LogP contribution is 2.32. The summed E-state index contributed by atoms with van der Waals surface area (Å²) in [4.78, 5) is 51.1. The molecule has 22 heteroatoms. The van der Waals surface area contributed by atoms with Crippen LogP contribution in [0.25, 0.3) is 22.1 Å². The third-order valence-electron chi connectivity index (χ3n) is 9.93. The lowest BCUT2D eigenvalue weighted by atomic mass is 10.1. The minimum atomic E-state index is -3.99. The van der Waals surface area contributed by atoms with E-state index in [9.17, 15) is 26.4 Å². The summed E-state index contributed by atoms with van der Waals surface area (Å²) >= 11 is 0. The van der Waals surface area contributed by atoms with Gasteiger partial charge in [-0.05, 0) is 67.7 Å². The number of para-hydroxylation sites is 4. The predicted molar refractivity (Wildman–Crippen MR) is 250 cm³/mol. The van der Waals surface area contributed by atoms with E-state index in [0.29, 0.717) is 63.6 Å². The number of pyridine rings is 1. The van der Waals surface area contributed by atoms with Crippen LogP contribution in [-0.2, 0) is 24.8 Å². The number of carbonyl (C=O) groups is 2. The number of hydrogen-bond donors (Lipinski definition) is 4. The van der Waals surface area contributed by atoms with Crippen molar-refractivity contribution in [1.29, 1.82) is 0 Å². The lowest BCUT2D eigenvalue weighted by molar-refractivity contribution is 0.0601. The number of carbonyl (C=O) groups excluding carboxylic acids is 2. The van der Waals surface area contributed by atoms with E-state index in [1.807, 2.05) is 18.0 Å². The molecule has 0 unspecified atom stereocenters. The summed E-state index contributed by atoms with van der Waals surface area (Å²) in [6, 6.07) is 26.9. The Morgan fingerprint density at radius 1 is 0.636 bits per heavy atom. The molecule has 342 valence electrons. The van der Waals surface area contributed by atoms with E-state index >= 15 is 0 Å². The molecule has 0 radical (unpaired) electrons. The van der Waals surface area contributed by atoms with Crippen LogP contribution in [0.3, 0.4) is 0 Å². The average molecular weight is 936 g/mol. The predicted octanol–water partition coefficient (Wildman–Crippen LogP) is 5.51. The van der Waals surface area contributed by atoms with Crippen LogP contribution in [0.2, 0.25) is 0 Å². The Labute approximate surface area is 380 Å². The molecule has 20 nitrogen and oxygen atoms in total. The van der Waals surface area contributed by atoms with Crippen molar-refractivity contribution in [2.75, 3.05) is 80.9 Å². The monoisotopic (exact) mass is 935 g/mol. The summed E-state index contributed by atoms with van der Waals surface area (Å²) in [7, 11) is -1.30. The van der Waals surface area contributed by atoms with E-state index in [2.05, 4.69) is 49.9 Å². The highest BCUT2D eigenvalue weighted by Gasteiger charge is 2.24. The Morgan fingerprint density at radius 3 is 1.76 bits per heavy atom. The molecule has 4 N–H and O–H groups in total. The average Bonchev–Trinajstić information content (AvgIpc) is 3.31. The molecule has 0 atom stereocenters. The number of nitrogens with one attached hydrogen (secondary N) is 4. The van der Waals surface area contributed by atoms with Gasteiger partial charge in [0.25, 0.3) is 15.9 Å². The summed E-state index contributed by atoms with van der Waals surface area (Å²) in [5.74, 6) is 0.575. The number of hydrogen-bond acceptors (Lipinski definition) is 17. The van der Waals surface area contributed by atoms with Crippen LogP contribution in [0.1, 0.15) is 20.7 Å². The number of ether oxygens (including phenoxy) is 3. The second-order valence-corrected chi connectivity index (χ2v) is 18.1. The number of rotatable bonds is 13. The number of fused-ring (bicyclic) bond motifs is 2. The number of piperazine rings is 1. The lowest BCUT2D eigenvalue weighted by Crippen LogP contribution is -2.47. The van der Waals surface area contributed by atoms with E-state index in [-0.39, 0.29) is 39.6 Å². The lowest BCUT2D eigenvalue weighted by Gasteiger charge is -2.32.